The van der Waals surface area contributed by atoms with E-state index >= 15 is 0 Å². The van der Waals surface area contributed by atoms with Crippen LogP contribution in [-0.4, -0.2) is 10.5 Å². The Morgan fingerprint density at radius 1 is 0.955 bits per heavy atom. The molecule has 0 atom stereocenters. The lowest BCUT2D eigenvalue weighted by molar-refractivity contribution is 0.631. The van der Waals surface area contributed by atoms with Crippen LogP contribution >= 0.6 is 11.6 Å². The molecule has 1 aromatic heterocycles. The van der Waals surface area contributed by atoms with Crippen molar-refractivity contribution >= 4 is 28.3 Å². The van der Waals surface area contributed by atoms with Gasteiger partial charge in [-0.3, -0.25) is 0 Å². The largest absolute Gasteiger partial charge is 0.365 e. The number of rotatable bonds is 2. The summed E-state index contributed by atoms with van der Waals surface area (Å²) < 4.78 is 0. The lowest BCUT2D eigenvalue weighted by Crippen LogP contribution is -2.26. The molecule has 3 aromatic rings. The molecule has 0 amide bonds. The van der Waals surface area contributed by atoms with E-state index in [1.54, 1.807) is 0 Å². The molecule has 0 aliphatic carbocycles. The van der Waals surface area contributed by atoms with E-state index < -0.39 is 0 Å². The second kappa shape index (κ2) is 5.62. The summed E-state index contributed by atoms with van der Waals surface area (Å²) in [6.45, 7) is 6.39. The molecule has 2 nitrogen and oxygen atoms in total. The number of halogens is 1. The molecule has 0 fully saturated rings. The summed E-state index contributed by atoms with van der Waals surface area (Å²) in [7, 11) is 0. The highest BCUT2D eigenvalue weighted by molar-refractivity contribution is 6.30. The van der Waals surface area contributed by atoms with Crippen molar-refractivity contribution < 1.29 is 0 Å². The quantitative estimate of drug-likeness (QED) is 0.650. The van der Waals surface area contributed by atoms with Crippen LogP contribution in [0.3, 0.4) is 0 Å². The monoisotopic (exact) mass is 310 g/mol. The maximum absolute atomic E-state index is 6.01. The number of nitrogens with zero attached hydrogens (tertiary/aromatic N) is 1. The fourth-order valence-electron chi connectivity index (χ4n) is 2.49. The van der Waals surface area contributed by atoms with Crippen molar-refractivity contribution in [1.29, 1.82) is 0 Å². The number of aromatic nitrogens is 1. The van der Waals surface area contributed by atoms with E-state index in [2.05, 4.69) is 38.2 Å². The zero-order chi connectivity index (χ0) is 15.7. The van der Waals surface area contributed by atoms with Gasteiger partial charge in [-0.05, 0) is 56.2 Å². The molecule has 1 N–H and O–H groups in total. The Hall–Kier alpha value is -2.06. The van der Waals surface area contributed by atoms with Gasteiger partial charge in [0.25, 0.3) is 0 Å². The first kappa shape index (κ1) is 14.9. The molecule has 112 valence electrons. The SMILES string of the molecule is CC(C)(C)Nc1cc(-c2ccc(Cl)cc2)c2ccccc2n1. The van der Waals surface area contributed by atoms with Crippen LogP contribution in [0.2, 0.25) is 5.02 Å². The number of hydrogen-bond acceptors (Lipinski definition) is 2. The van der Waals surface area contributed by atoms with Crippen LogP contribution in [0.4, 0.5) is 5.82 Å². The van der Waals surface area contributed by atoms with Gasteiger partial charge in [0.1, 0.15) is 5.82 Å². The average Bonchev–Trinajstić information content (AvgIpc) is 2.45. The Morgan fingerprint density at radius 3 is 2.32 bits per heavy atom. The summed E-state index contributed by atoms with van der Waals surface area (Å²) >= 11 is 6.01. The smallest absolute Gasteiger partial charge is 0.127 e. The van der Waals surface area contributed by atoms with E-state index in [-0.39, 0.29) is 5.54 Å². The van der Waals surface area contributed by atoms with Crippen LogP contribution in [0.5, 0.6) is 0 Å². The van der Waals surface area contributed by atoms with Gasteiger partial charge >= 0.3 is 0 Å². The van der Waals surface area contributed by atoms with Crippen molar-refractivity contribution in [3.8, 4) is 11.1 Å². The van der Waals surface area contributed by atoms with Gasteiger partial charge < -0.3 is 5.32 Å². The minimum absolute atomic E-state index is 0.0350. The van der Waals surface area contributed by atoms with E-state index in [4.69, 9.17) is 16.6 Å². The van der Waals surface area contributed by atoms with Gasteiger partial charge in [0.15, 0.2) is 0 Å². The predicted molar refractivity (Wildman–Crippen MR) is 95.6 cm³/mol. The first-order valence-corrected chi connectivity index (χ1v) is 7.74. The second-order valence-electron chi connectivity index (χ2n) is 6.45. The number of pyridine rings is 1. The van der Waals surface area contributed by atoms with Gasteiger partial charge in [-0.2, -0.15) is 0 Å². The Balaban J connectivity index is 2.20. The fourth-order valence-corrected chi connectivity index (χ4v) is 2.62. The molecule has 0 unspecified atom stereocenters. The van der Waals surface area contributed by atoms with E-state index in [0.717, 1.165) is 32.9 Å². The number of benzene rings is 2. The normalized spacial score (nSPS) is 11.6. The maximum Gasteiger partial charge on any atom is 0.127 e. The Bertz CT molecular complexity index is 802. The zero-order valence-electron chi connectivity index (χ0n) is 13.0. The summed E-state index contributed by atoms with van der Waals surface area (Å²) in [5.74, 6) is 0.885. The first-order chi connectivity index (χ1) is 10.4. The minimum atomic E-state index is -0.0350. The third kappa shape index (κ3) is 3.23. The molecular formula is C19H19ClN2. The summed E-state index contributed by atoms with van der Waals surface area (Å²) in [6.07, 6.45) is 0. The highest BCUT2D eigenvalue weighted by Crippen LogP contribution is 2.31. The lowest BCUT2D eigenvalue weighted by Gasteiger charge is -2.22. The van der Waals surface area contributed by atoms with Crippen molar-refractivity contribution in [2.45, 2.75) is 26.3 Å². The number of nitrogens with one attached hydrogen (secondary N) is 1. The third-order valence-electron chi connectivity index (χ3n) is 3.37. The number of anilines is 1. The summed E-state index contributed by atoms with van der Waals surface area (Å²) in [5, 5.41) is 5.35. The average molecular weight is 311 g/mol. The first-order valence-electron chi connectivity index (χ1n) is 7.36. The van der Waals surface area contributed by atoms with Crippen molar-refractivity contribution in [2.75, 3.05) is 5.32 Å². The molecule has 0 spiro atoms. The molecular weight excluding hydrogens is 292 g/mol. The van der Waals surface area contributed by atoms with Crippen molar-refractivity contribution in [1.82, 2.24) is 4.98 Å². The molecule has 0 saturated carbocycles. The van der Waals surface area contributed by atoms with E-state index in [1.165, 1.54) is 0 Å². The minimum Gasteiger partial charge on any atom is -0.365 e. The summed E-state index contributed by atoms with van der Waals surface area (Å²) in [5.41, 5.74) is 3.25. The molecule has 0 bridgehead atoms. The Morgan fingerprint density at radius 2 is 1.64 bits per heavy atom. The molecule has 0 aliphatic heterocycles. The van der Waals surface area contributed by atoms with Crippen LogP contribution in [0.1, 0.15) is 20.8 Å². The molecule has 0 saturated heterocycles. The van der Waals surface area contributed by atoms with Crippen molar-refractivity contribution in [3.05, 3.63) is 59.6 Å². The standard InChI is InChI=1S/C19H19ClN2/c1-19(2,3)22-18-12-16(13-8-10-14(20)11-9-13)15-6-4-5-7-17(15)21-18/h4-12H,1-3H3,(H,21,22). The van der Waals surface area contributed by atoms with Gasteiger partial charge in [0.2, 0.25) is 0 Å². The van der Waals surface area contributed by atoms with Crippen LogP contribution < -0.4 is 5.32 Å². The highest BCUT2D eigenvalue weighted by Gasteiger charge is 2.13. The highest BCUT2D eigenvalue weighted by atomic mass is 35.5. The fraction of sp³-hybridized carbons (Fsp3) is 0.211. The van der Waals surface area contributed by atoms with Crippen LogP contribution in [0, 0.1) is 0 Å². The molecule has 3 heteroatoms. The van der Waals surface area contributed by atoms with Gasteiger partial charge in [-0.15, -0.1) is 0 Å². The number of fused-ring (bicyclic) bond motifs is 1. The van der Waals surface area contributed by atoms with E-state index in [1.807, 2.05) is 42.5 Å². The molecule has 22 heavy (non-hydrogen) atoms. The van der Waals surface area contributed by atoms with Crippen LogP contribution in [0.25, 0.3) is 22.0 Å². The van der Waals surface area contributed by atoms with Gasteiger partial charge in [-0.25, -0.2) is 4.98 Å². The van der Waals surface area contributed by atoms with Gasteiger partial charge in [0.05, 0.1) is 5.52 Å². The maximum atomic E-state index is 6.01. The summed E-state index contributed by atoms with van der Waals surface area (Å²) in [6, 6.07) is 18.2. The van der Waals surface area contributed by atoms with Crippen molar-refractivity contribution in [2.24, 2.45) is 0 Å². The zero-order valence-corrected chi connectivity index (χ0v) is 13.8. The molecule has 0 radical (unpaired) electrons. The van der Waals surface area contributed by atoms with Gasteiger partial charge in [0, 0.05) is 15.9 Å². The Labute approximate surface area is 136 Å². The summed E-state index contributed by atoms with van der Waals surface area (Å²) in [4.78, 5) is 4.73. The molecule has 1 heterocycles. The second-order valence-corrected chi connectivity index (χ2v) is 6.89. The van der Waals surface area contributed by atoms with E-state index in [9.17, 15) is 0 Å². The Kier molecular flexibility index (Phi) is 3.79. The molecule has 0 aliphatic rings. The van der Waals surface area contributed by atoms with E-state index in [0.29, 0.717) is 0 Å². The predicted octanol–water partition coefficient (Wildman–Crippen LogP) is 5.77. The topological polar surface area (TPSA) is 24.9 Å². The number of para-hydroxylation sites is 1. The van der Waals surface area contributed by atoms with Crippen LogP contribution in [-0.2, 0) is 0 Å². The molecule has 3 rings (SSSR count). The van der Waals surface area contributed by atoms with Gasteiger partial charge in [-0.1, -0.05) is 41.9 Å². The third-order valence-corrected chi connectivity index (χ3v) is 3.63. The number of hydrogen-bond donors (Lipinski definition) is 1. The van der Waals surface area contributed by atoms with Crippen LogP contribution in [0.15, 0.2) is 54.6 Å². The van der Waals surface area contributed by atoms with Crippen molar-refractivity contribution in [3.63, 3.8) is 0 Å². The molecule has 2 aromatic carbocycles. The lowest BCUT2D eigenvalue weighted by atomic mass is 10.0.